The summed E-state index contributed by atoms with van der Waals surface area (Å²) in [7, 11) is 2.04. The van der Waals surface area contributed by atoms with Crippen molar-refractivity contribution in [1.82, 2.24) is 4.90 Å². The van der Waals surface area contributed by atoms with Crippen LogP contribution < -0.4 is 5.73 Å². The number of nitrogens with two attached hydrogens (primary N) is 1. The molecule has 0 aliphatic heterocycles. The van der Waals surface area contributed by atoms with Crippen molar-refractivity contribution < 1.29 is 9.60 Å². The summed E-state index contributed by atoms with van der Waals surface area (Å²) in [5.74, 6) is 0.0877. The molecule has 4 nitrogen and oxygen atoms in total. The van der Waals surface area contributed by atoms with Crippen molar-refractivity contribution in [3.8, 4) is 0 Å². The van der Waals surface area contributed by atoms with Gasteiger partial charge in [0.1, 0.15) is 11.7 Å². The third kappa shape index (κ3) is 3.92. The Labute approximate surface area is 112 Å². The maximum Gasteiger partial charge on any atom is 0.139 e. The predicted octanol–water partition coefficient (Wildman–Crippen LogP) is 2.17. The smallest absolute Gasteiger partial charge is 0.139 e. The van der Waals surface area contributed by atoms with Crippen LogP contribution in [0.2, 0.25) is 0 Å². The zero-order chi connectivity index (χ0) is 13.9. The number of nitrogens with zero attached hydrogens (tertiary/aromatic N) is 2. The summed E-state index contributed by atoms with van der Waals surface area (Å²) in [4.78, 5) is 2.20. The van der Waals surface area contributed by atoms with Crippen molar-refractivity contribution in [3.05, 3.63) is 35.6 Å². The Morgan fingerprint density at radius 2 is 2.05 bits per heavy atom. The zero-order valence-corrected chi connectivity index (χ0v) is 11.1. The van der Waals surface area contributed by atoms with Gasteiger partial charge in [-0.05, 0) is 43.0 Å². The highest BCUT2D eigenvalue weighted by Crippen LogP contribution is 2.49. The number of rotatable bonds is 6. The van der Waals surface area contributed by atoms with Gasteiger partial charge >= 0.3 is 0 Å². The molecule has 1 saturated carbocycles. The van der Waals surface area contributed by atoms with Crippen LogP contribution in [0.4, 0.5) is 4.39 Å². The van der Waals surface area contributed by atoms with Crippen LogP contribution in [0.3, 0.4) is 0 Å². The molecule has 0 radical (unpaired) electrons. The first-order valence-electron chi connectivity index (χ1n) is 6.42. The lowest BCUT2D eigenvalue weighted by molar-refractivity contribution is 0.256. The topological polar surface area (TPSA) is 61.8 Å². The minimum atomic E-state index is -0.211. The molecule has 5 heteroatoms. The normalized spacial score (nSPS) is 17.7. The Hall–Kier alpha value is -1.62. The van der Waals surface area contributed by atoms with Gasteiger partial charge in [-0.2, -0.15) is 0 Å². The van der Waals surface area contributed by atoms with E-state index >= 15 is 0 Å². The number of benzene rings is 1. The van der Waals surface area contributed by atoms with Crippen LogP contribution in [-0.4, -0.2) is 29.5 Å². The average molecular weight is 265 g/mol. The molecule has 19 heavy (non-hydrogen) atoms. The van der Waals surface area contributed by atoms with E-state index in [4.69, 9.17) is 10.9 Å². The van der Waals surface area contributed by atoms with Crippen molar-refractivity contribution >= 4 is 5.84 Å². The first-order valence-corrected chi connectivity index (χ1v) is 6.42. The Balaban J connectivity index is 1.87. The maximum atomic E-state index is 12.8. The predicted molar refractivity (Wildman–Crippen MR) is 72.4 cm³/mol. The second-order valence-electron chi connectivity index (χ2n) is 5.57. The van der Waals surface area contributed by atoms with E-state index < -0.39 is 0 Å². The van der Waals surface area contributed by atoms with Gasteiger partial charge in [0.15, 0.2) is 0 Å². The summed E-state index contributed by atoms with van der Waals surface area (Å²) in [6.07, 6.45) is 2.85. The van der Waals surface area contributed by atoms with Crippen molar-refractivity contribution in [1.29, 1.82) is 0 Å². The van der Waals surface area contributed by atoms with Gasteiger partial charge in [0, 0.05) is 19.5 Å². The fraction of sp³-hybridized carbons (Fsp3) is 0.500. The highest BCUT2D eigenvalue weighted by Gasteiger charge is 2.43. The van der Waals surface area contributed by atoms with E-state index in [1.54, 1.807) is 12.1 Å². The van der Waals surface area contributed by atoms with Crippen molar-refractivity contribution in [2.45, 2.75) is 25.8 Å². The summed E-state index contributed by atoms with van der Waals surface area (Å²) in [5.41, 5.74) is 6.83. The largest absolute Gasteiger partial charge is 0.409 e. The number of hydrogen-bond acceptors (Lipinski definition) is 3. The Morgan fingerprint density at radius 3 is 2.58 bits per heavy atom. The molecular weight excluding hydrogens is 245 g/mol. The molecular formula is C14H20FN3O. The molecule has 1 fully saturated rings. The van der Waals surface area contributed by atoms with Gasteiger partial charge < -0.3 is 15.8 Å². The number of hydrogen-bond donors (Lipinski definition) is 2. The van der Waals surface area contributed by atoms with Crippen LogP contribution in [-0.2, 0) is 6.54 Å². The fourth-order valence-electron chi connectivity index (χ4n) is 2.52. The van der Waals surface area contributed by atoms with Crippen LogP contribution in [0, 0.1) is 11.2 Å². The van der Waals surface area contributed by atoms with Gasteiger partial charge in [0.25, 0.3) is 0 Å². The Kier molecular flexibility index (Phi) is 4.04. The summed E-state index contributed by atoms with van der Waals surface area (Å²) in [6.45, 7) is 1.68. The number of amidine groups is 1. The van der Waals surface area contributed by atoms with Gasteiger partial charge in [0.2, 0.25) is 0 Å². The first kappa shape index (κ1) is 13.8. The zero-order valence-electron chi connectivity index (χ0n) is 11.1. The van der Waals surface area contributed by atoms with Crippen molar-refractivity contribution in [2.24, 2.45) is 16.3 Å². The van der Waals surface area contributed by atoms with E-state index in [0.717, 1.165) is 31.5 Å². The maximum absolute atomic E-state index is 12.8. The Bertz CT molecular complexity index is 454. The second-order valence-corrected chi connectivity index (χ2v) is 5.57. The number of halogens is 1. The lowest BCUT2D eigenvalue weighted by Gasteiger charge is -2.23. The standard InChI is InChI=1S/C14H20FN3O/c1-18(9-11-2-4-12(15)5-3-11)10-14(6-7-14)8-13(16)17-19/h2-5,19H,6-10H2,1H3,(H2,16,17). The summed E-state index contributed by atoms with van der Waals surface area (Å²) in [6, 6.07) is 6.56. The Morgan fingerprint density at radius 1 is 1.42 bits per heavy atom. The molecule has 0 heterocycles. The molecule has 1 aromatic rings. The van der Waals surface area contributed by atoms with Gasteiger partial charge in [-0.3, -0.25) is 0 Å². The van der Waals surface area contributed by atoms with Gasteiger partial charge in [-0.25, -0.2) is 4.39 Å². The van der Waals surface area contributed by atoms with Gasteiger partial charge in [-0.1, -0.05) is 17.3 Å². The minimum Gasteiger partial charge on any atom is -0.409 e. The van der Waals surface area contributed by atoms with E-state index in [1.165, 1.54) is 12.1 Å². The molecule has 1 aliphatic carbocycles. The molecule has 2 rings (SSSR count). The molecule has 0 saturated heterocycles. The molecule has 0 unspecified atom stereocenters. The molecule has 104 valence electrons. The summed E-state index contributed by atoms with van der Waals surface area (Å²) in [5, 5.41) is 11.7. The summed E-state index contributed by atoms with van der Waals surface area (Å²) < 4.78 is 12.8. The van der Waals surface area contributed by atoms with Crippen molar-refractivity contribution in [2.75, 3.05) is 13.6 Å². The monoisotopic (exact) mass is 265 g/mol. The van der Waals surface area contributed by atoms with E-state index in [2.05, 4.69) is 10.1 Å². The minimum absolute atomic E-state index is 0.158. The lowest BCUT2D eigenvalue weighted by Crippen LogP contribution is -2.29. The average Bonchev–Trinajstić information content (AvgIpc) is 3.11. The fourth-order valence-corrected chi connectivity index (χ4v) is 2.52. The molecule has 3 N–H and O–H groups in total. The highest BCUT2D eigenvalue weighted by molar-refractivity contribution is 5.80. The third-order valence-corrected chi connectivity index (χ3v) is 3.61. The van der Waals surface area contributed by atoms with Crippen LogP contribution in [0.5, 0.6) is 0 Å². The number of oxime groups is 1. The quantitative estimate of drug-likeness (QED) is 0.359. The van der Waals surface area contributed by atoms with Crippen LogP contribution in [0.15, 0.2) is 29.4 Å². The second kappa shape index (κ2) is 5.57. The van der Waals surface area contributed by atoms with E-state index in [-0.39, 0.29) is 11.2 Å². The highest BCUT2D eigenvalue weighted by atomic mass is 19.1. The third-order valence-electron chi connectivity index (χ3n) is 3.61. The molecule has 1 aromatic carbocycles. The van der Waals surface area contributed by atoms with Crippen LogP contribution >= 0.6 is 0 Å². The van der Waals surface area contributed by atoms with Crippen LogP contribution in [0.25, 0.3) is 0 Å². The molecule has 0 spiro atoms. The van der Waals surface area contributed by atoms with E-state index in [1.807, 2.05) is 7.05 Å². The SMILES string of the molecule is CN(Cc1ccc(F)cc1)CC1(CC(N)=NO)CC1. The van der Waals surface area contributed by atoms with Gasteiger partial charge in [-0.15, -0.1) is 0 Å². The first-order chi connectivity index (χ1) is 9.03. The molecule has 0 amide bonds. The van der Waals surface area contributed by atoms with E-state index in [9.17, 15) is 4.39 Å². The van der Waals surface area contributed by atoms with Crippen molar-refractivity contribution in [3.63, 3.8) is 0 Å². The molecule has 0 atom stereocenters. The lowest BCUT2D eigenvalue weighted by atomic mass is 10.0. The molecule has 1 aliphatic rings. The van der Waals surface area contributed by atoms with E-state index in [0.29, 0.717) is 12.3 Å². The molecule has 0 bridgehead atoms. The molecule has 0 aromatic heterocycles. The summed E-state index contributed by atoms with van der Waals surface area (Å²) >= 11 is 0. The van der Waals surface area contributed by atoms with Gasteiger partial charge in [0.05, 0.1) is 0 Å². The van der Waals surface area contributed by atoms with Crippen LogP contribution in [0.1, 0.15) is 24.8 Å².